The smallest absolute Gasteiger partial charge is 0.326 e. The summed E-state index contributed by atoms with van der Waals surface area (Å²) in [4.78, 5) is 87.8. The topological polar surface area (TPSA) is 312 Å². The zero-order valence-electron chi connectivity index (χ0n) is 26.7. The molecule has 0 bridgehead atoms. The van der Waals surface area contributed by atoms with Crippen LogP contribution in [0.1, 0.15) is 64.4 Å². The van der Waals surface area contributed by atoms with Gasteiger partial charge in [0.05, 0.1) is 12.5 Å². The fourth-order valence-electron chi connectivity index (χ4n) is 4.46. The first-order valence-corrected chi connectivity index (χ1v) is 15.3. The van der Waals surface area contributed by atoms with Crippen molar-refractivity contribution in [1.29, 1.82) is 0 Å². The van der Waals surface area contributed by atoms with Crippen LogP contribution in [0.2, 0.25) is 0 Å². The lowest BCUT2D eigenvalue weighted by atomic mass is 9.96. The van der Waals surface area contributed by atoms with E-state index in [-0.39, 0.29) is 31.4 Å². The Morgan fingerprint density at radius 2 is 1.34 bits per heavy atom. The van der Waals surface area contributed by atoms with Gasteiger partial charge in [0, 0.05) is 6.42 Å². The minimum atomic E-state index is -1.51. The lowest BCUT2D eigenvalue weighted by molar-refractivity contribution is -0.142. The van der Waals surface area contributed by atoms with E-state index in [1.54, 1.807) is 26.0 Å². The fraction of sp³-hybridized carbons (Fsp3) is 0.567. The number of carbonyl (C=O) groups excluding carboxylic acids is 6. The number of phenols is 1. The van der Waals surface area contributed by atoms with Crippen LogP contribution >= 0.6 is 0 Å². The van der Waals surface area contributed by atoms with E-state index < -0.39 is 84.0 Å². The SMILES string of the molecule is CC[C@H](C)[C@H](NC(=O)[C@H](CC(N)=O)NC(=O)[C@@H](N)Cc1ccc(O)cc1)C(=O)N[C@@H](CCC(N)=O)C(=O)N[C@@H](CCCCN)C(=O)O. The Balaban J connectivity index is 3.14. The molecule has 0 radical (unpaired) electrons. The van der Waals surface area contributed by atoms with Gasteiger partial charge in [-0.2, -0.15) is 0 Å². The van der Waals surface area contributed by atoms with Gasteiger partial charge in [-0.05, 0) is 62.3 Å². The molecule has 6 amide bonds. The van der Waals surface area contributed by atoms with E-state index in [4.69, 9.17) is 22.9 Å². The van der Waals surface area contributed by atoms with E-state index in [1.807, 2.05) is 0 Å². The first kappa shape index (κ1) is 40.3. The summed E-state index contributed by atoms with van der Waals surface area (Å²) >= 11 is 0. The molecule has 1 rings (SSSR count). The zero-order chi connectivity index (χ0) is 35.7. The lowest BCUT2D eigenvalue weighted by Gasteiger charge is -2.28. The van der Waals surface area contributed by atoms with Crippen LogP contribution in [-0.2, 0) is 40.0 Å². The van der Waals surface area contributed by atoms with Crippen LogP contribution in [0.5, 0.6) is 5.75 Å². The molecule has 1 aromatic carbocycles. The van der Waals surface area contributed by atoms with Crippen molar-refractivity contribution in [2.75, 3.05) is 6.54 Å². The number of benzene rings is 1. The number of hydrogen-bond donors (Lipinski definition) is 10. The quantitative estimate of drug-likeness (QED) is 0.0583. The van der Waals surface area contributed by atoms with Gasteiger partial charge in [-0.25, -0.2) is 4.79 Å². The van der Waals surface area contributed by atoms with Crippen molar-refractivity contribution < 1.29 is 43.8 Å². The summed E-state index contributed by atoms with van der Waals surface area (Å²) in [6, 6.07) is -0.680. The predicted octanol–water partition coefficient (Wildman–Crippen LogP) is -2.40. The number of nitrogens with one attached hydrogen (secondary N) is 4. The summed E-state index contributed by atoms with van der Waals surface area (Å²) in [5.41, 5.74) is 22.6. The highest BCUT2D eigenvalue weighted by Gasteiger charge is 2.34. The third-order valence-corrected chi connectivity index (χ3v) is 7.43. The molecule has 0 fully saturated rings. The highest BCUT2D eigenvalue weighted by atomic mass is 16.4. The predicted molar refractivity (Wildman–Crippen MR) is 170 cm³/mol. The van der Waals surface area contributed by atoms with E-state index in [0.717, 1.165) is 0 Å². The van der Waals surface area contributed by atoms with Crippen LogP contribution < -0.4 is 44.2 Å². The Bertz CT molecular complexity index is 1240. The van der Waals surface area contributed by atoms with Gasteiger partial charge in [-0.1, -0.05) is 32.4 Å². The summed E-state index contributed by atoms with van der Waals surface area (Å²) in [6.45, 7) is 3.70. The molecule has 14 N–H and O–H groups in total. The fourth-order valence-corrected chi connectivity index (χ4v) is 4.46. The van der Waals surface area contributed by atoms with Gasteiger partial charge >= 0.3 is 5.97 Å². The molecule has 17 nitrogen and oxygen atoms in total. The van der Waals surface area contributed by atoms with Crippen LogP contribution in [0.3, 0.4) is 0 Å². The maximum absolute atomic E-state index is 13.5. The molecular weight excluding hydrogens is 616 g/mol. The molecule has 0 saturated heterocycles. The average Bonchev–Trinajstić information content (AvgIpc) is 3.00. The number of unbranched alkanes of at least 4 members (excludes halogenated alkanes) is 1. The molecule has 0 unspecified atom stereocenters. The van der Waals surface area contributed by atoms with E-state index >= 15 is 0 Å². The Hall–Kier alpha value is -4.77. The third-order valence-electron chi connectivity index (χ3n) is 7.43. The van der Waals surface area contributed by atoms with Crippen molar-refractivity contribution in [2.24, 2.45) is 28.9 Å². The molecule has 0 aliphatic heterocycles. The molecule has 0 spiro atoms. The molecule has 6 atom stereocenters. The van der Waals surface area contributed by atoms with E-state index in [0.29, 0.717) is 31.4 Å². The van der Waals surface area contributed by atoms with Crippen molar-refractivity contribution in [2.45, 2.75) is 95.4 Å². The van der Waals surface area contributed by atoms with Gasteiger partial charge in [-0.15, -0.1) is 0 Å². The largest absolute Gasteiger partial charge is 0.508 e. The van der Waals surface area contributed by atoms with Gasteiger partial charge in [-0.3, -0.25) is 28.8 Å². The summed E-state index contributed by atoms with van der Waals surface area (Å²) in [5.74, 6) is -6.96. The molecule has 1 aromatic rings. The number of carboxylic acids is 1. The second kappa shape index (κ2) is 20.4. The number of carboxylic acid groups (broad SMARTS) is 1. The number of nitrogens with two attached hydrogens (primary N) is 4. The van der Waals surface area contributed by atoms with Crippen LogP contribution in [0, 0.1) is 5.92 Å². The number of aromatic hydroxyl groups is 1. The summed E-state index contributed by atoms with van der Waals surface area (Å²) in [7, 11) is 0. The Morgan fingerprint density at radius 1 is 0.766 bits per heavy atom. The van der Waals surface area contributed by atoms with Gasteiger partial charge < -0.3 is 54.4 Å². The molecular formula is C30H48N8O9. The Morgan fingerprint density at radius 3 is 1.87 bits per heavy atom. The zero-order valence-corrected chi connectivity index (χ0v) is 26.7. The first-order chi connectivity index (χ1) is 22.1. The number of aliphatic carboxylic acids is 1. The number of primary amides is 2. The van der Waals surface area contributed by atoms with Gasteiger partial charge in [0.2, 0.25) is 35.4 Å². The Kier molecular flexibility index (Phi) is 17.4. The highest BCUT2D eigenvalue weighted by Crippen LogP contribution is 2.13. The van der Waals surface area contributed by atoms with Crippen molar-refractivity contribution in [3.8, 4) is 5.75 Å². The molecule has 0 heterocycles. The van der Waals surface area contributed by atoms with Crippen LogP contribution in [-0.4, -0.2) is 88.4 Å². The average molecular weight is 665 g/mol. The van der Waals surface area contributed by atoms with Crippen LogP contribution in [0.4, 0.5) is 0 Å². The Labute approximate surface area is 272 Å². The van der Waals surface area contributed by atoms with E-state index in [9.17, 15) is 43.8 Å². The van der Waals surface area contributed by atoms with E-state index in [2.05, 4.69) is 21.3 Å². The number of carbonyl (C=O) groups is 7. The lowest BCUT2D eigenvalue weighted by Crippen LogP contribution is -2.60. The standard InChI is InChI=1S/C30H48N8O9/c1-3-16(2)25(29(45)35-20(11-12-23(33)40)27(43)36-21(30(46)47)6-4-5-13-31)38-28(44)22(15-24(34)41)37-26(42)19(32)14-17-7-9-18(39)10-8-17/h7-10,16,19-22,25,39H,3-6,11-15,31-32H2,1-2H3,(H2,33,40)(H2,34,41)(H,35,45)(H,36,43)(H,37,42)(H,38,44)(H,46,47)/t16-,19-,20-,21-,22-,25-/m0/s1. The minimum Gasteiger partial charge on any atom is -0.508 e. The molecule has 0 aliphatic rings. The first-order valence-electron chi connectivity index (χ1n) is 15.3. The summed E-state index contributed by atoms with van der Waals surface area (Å²) in [5, 5.41) is 28.7. The van der Waals surface area contributed by atoms with Gasteiger partial charge in [0.1, 0.15) is 29.9 Å². The van der Waals surface area contributed by atoms with Crippen molar-refractivity contribution in [1.82, 2.24) is 21.3 Å². The highest BCUT2D eigenvalue weighted by molar-refractivity contribution is 5.97. The normalized spacial score (nSPS) is 14.7. The summed E-state index contributed by atoms with van der Waals surface area (Å²) < 4.78 is 0. The number of hydrogen-bond acceptors (Lipinski definition) is 10. The second-order valence-corrected chi connectivity index (χ2v) is 11.3. The number of rotatable bonds is 22. The molecule has 0 saturated carbocycles. The van der Waals surface area contributed by atoms with Gasteiger partial charge in [0.25, 0.3) is 0 Å². The van der Waals surface area contributed by atoms with Crippen LogP contribution in [0.15, 0.2) is 24.3 Å². The molecule has 0 aromatic heterocycles. The number of amides is 6. The van der Waals surface area contributed by atoms with Gasteiger partial charge in [0.15, 0.2) is 0 Å². The monoisotopic (exact) mass is 664 g/mol. The van der Waals surface area contributed by atoms with Crippen LogP contribution in [0.25, 0.3) is 0 Å². The molecule has 47 heavy (non-hydrogen) atoms. The van der Waals surface area contributed by atoms with Crippen molar-refractivity contribution in [3.05, 3.63) is 29.8 Å². The molecule has 17 heteroatoms. The number of phenolic OH excluding ortho intramolecular Hbond substituents is 1. The van der Waals surface area contributed by atoms with Crippen molar-refractivity contribution >= 4 is 41.4 Å². The van der Waals surface area contributed by atoms with E-state index in [1.165, 1.54) is 12.1 Å². The molecule has 262 valence electrons. The maximum atomic E-state index is 13.5. The third kappa shape index (κ3) is 14.9. The summed E-state index contributed by atoms with van der Waals surface area (Å²) in [6.07, 6.45) is 0.221. The minimum absolute atomic E-state index is 0.0208. The van der Waals surface area contributed by atoms with Crippen molar-refractivity contribution in [3.63, 3.8) is 0 Å². The molecule has 0 aliphatic carbocycles. The second-order valence-electron chi connectivity index (χ2n) is 11.3. The maximum Gasteiger partial charge on any atom is 0.326 e.